The van der Waals surface area contributed by atoms with Crippen LogP contribution in [-0.4, -0.2) is 0 Å². The van der Waals surface area contributed by atoms with Crippen LogP contribution in [0.25, 0.3) is 0 Å². The van der Waals surface area contributed by atoms with Crippen LogP contribution in [0.15, 0.2) is 0 Å². The van der Waals surface area contributed by atoms with Gasteiger partial charge in [0.25, 0.3) is 0 Å². The number of fused-ring (bicyclic) bond motifs is 5. The van der Waals surface area contributed by atoms with Crippen LogP contribution in [0.1, 0.15) is 118 Å². The lowest BCUT2D eigenvalue weighted by atomic mass is 9.40. The molecule has 4 aliphatic carbocycles. The van der Waals surface area contributed by atoms with Crippen molar-refractivity contribution < 1.29 is 0 Å². The first kappa shape index (κ1) is 21.7. The molecule has 8 atom stereocenters. The number of nitrogens with zero attached hydrogens (tertiary/aromatic N) is 1. The molecule has 164 valence electrons. The van der Waals surface area contributed by atoms with Gasteiger partial charge >= 0.3 is 0 Å². The van der Waals surface area contributed by atoms with Crippen LogP contribution < -0.4 is 0 Å². The van der Waals surface area contributed by atoms with Gasteiger partial charge in [-0.05, 0) is 97.7 Å². The Morgan fingerprint density at radius 3 is 2.34 bits per heavy atom. The zero-order chi connectivity index (χ0) is 20.9. The molecule has 29 heavy (non-hydrogen) atoms. The quantitative estimate of drug-likeness (QED) is 0.457. The lowest BCUT2D eigenvalue weighted by Gasteiger charge is -2.63. The summed E-state index contributed by atoms with van der Waals surface area (Å²) in [7, 11) is 0. The molecule has 0 amide bonds. The average molecular weight is 398 g/mol. The molecule has 4 rings (SSSR count). The van der Waals surface area contributed by atoms with Gasteiger partial charge in [0.2, 0.25) is 0 Å². The maximum atomic E-state index is 10.3. The van der Waals surface area contributed by atoms with E-state index in [0.29, 0.717) is 10.8 Å². The van der Waals surface area contributed by atoms with Crippen molar-refractivity contribution in [3.8, 4) is 6.07 Å². The van der Waals surface area contributed by atoms with Crippen molar-refractivity contribution in [1.82, 2.24) is 0 Å². The minimum absolute atomic E-state index is 0.00228. The molecule has 0 radical (unpaired) electrons. The molecule has 0 bridgehead atoms. The van der Waals surface area contributed by atoms with Crippen LogP contribution in [0.4, 0.5) is 0 Å². The highest BCUT2D eigenvalue weighted by Gasteiger charge is 2.64. The summed E-state index contributed by atoms with van der Waals surface area (Å²) in [5, 5.41) is 10.3. The van der Waals surface area contributed by atoms with E-state index in [2.05, 4.69) is 40.7 Å². The van der Waals surface area contributed by atoms with E-state index in [4.69, 9.17) is 0 Å². The topological polar surface area (TPSA) is 23.8 Å². The van der Waals surface area contributed by atoms with E-state index in [9.17, 15) is 5.26 Å². The molecular weight excluding hydrogens is 350 g/mol. The molecule has 0 N–H and O–H groups in total. The Morgan fingerprint density at radius 2 is 1.62 bits per heavy atom. The van der Waals surface area contributed by atoms with E-state index < -0.39 is 0 Å². The molecule has 1 nitrogen and oxygen atoms in total. The third kappa shape index (κ3) is 3.31. The third-order valence-corrected chi connectivity index (χ3v) is 11.2. The fourth-order valence-electron chi connectivity index (χ4n) is 9.55. The first-order valence-electron chi connectivity index (χ1n) is 13.2. The smallest absolute Gasteiger partial charge is 0.0695 e. The molecule has 0 aromatic carbocycles. The zero-order valence-electron chi connectivity index (χ0n) is 20.1. The second-order valence-corrected chi connectivity index (χ2v) is 12.8. The summed E-state index contributed by atoms with van der Waals surface area (Å²) in [5.74, 6) is 5.36. The molecule has 0 aromatic heterocycles. The number of hydrogen-bond donors (Lipinski definition) is 0. The molecule has 0 unspecified atom stereocenters. The summed E-state index contributed by atoms with van der Waals surface area (Å²) in [5.41, 5.74) is 0.879. The zero-order valence-corrected chi connectivity index (χ0v) is 20.1. The largest absolute Gasteiger partial charge is 0.198 e. The summed E-state index contributed by atoms with van der Waals surface area (Å²) in [6, 6.07) is 2.92. The minimum atomic E-state index is 0.00228. The van der Waals surface area contributed by atoms with Crippen LogP contribution in [-0.2, 0) is 0 Å². The fraction of sp³-hybridized carbons (Fsp3) is 0.964. The van der Waals surface area contributed by atoms with Gasteiger partial charge < -0.3 is 0 Å². The predicted octanol–water partition coefficient (Wildman–Crippen LogP) is 8.39. The van der Waals surface area contributed by atoms with Crippen molar-refractivity contribution in [1.29, 1.82) is 5.26 Å². The van der Waals surface area contributed by atoms with Crippen LogP contribution >= 0.6 is 0 Å². The van der Waals surface area contributed by atoms with E-state index >= 15 is 0 Å². The van der Waals surface area contributed by atoms with Crippen LogP contribution in [0.2, 0.25) is 0 Å². The second-order valence-electron chi connectivity index (χ2n) is 12.8. The Labute approximate surface area is 181 Å². The monoisotopic (exact) mass is 397 g/mol. The molecule has 0 heterocycles. The lowest BCUT2D eigenvalue weighted by molar-refractivity contribution is -0.139. The third-order valence-electron chi connectivity index (χ3n) is 11.2. The number of rotatable bonds is 5. The Hall–Kier alpha value is -0.510. The maximum Gasteiger partial charge on any atom is 0.0695 e. The molecule has 4 aliphatic rings. The highest BCUT2D eigenvalue weighted by Crippen LogP contribution is 2.71. The molecule has 0 spiro atoms. The fourth-order valence-corrected chi connectivity index (χ4v) is 9.55. The lowest BCUT2D eigenvalue weighted by Crippen LogP contribution is -2.57. The normalized spacial score (nSPS) is 47.8. The van der Waals surface area contributed by atoms with Crippen molar-refractivity contribution >= 4 is 0 Å². The average Bonchev–Trinajstić information content (AvgIpc) is 3.04. The summed E-state index contributed by atoms with van der Waals surface area (Å²) in [6.45, 7) is 12.6. The summed E-state index contributed by atoms with van der Waals surface area (Å²) < 4.78 is 0. The second kappa shape index (κ2) is 7.88. The number of nitriles is 1. The van der Waals surface area contributed by atoms with Crippen LogP contribution in [0, 0.1) is 63.1 Å². The van der Waals surface area contributed by atoms with Gasteiger partial charge in [0.1, 0.15) is 0 Å². The molecular formula is C28H47N. The van der Waals surface area contributed by atoms with E-state index in [1.807, 2.05) is 0 Å². The summed E-state index contributed by atoms with van der Waals surface area (Å²) in [4.78, 5) is 0. The van der Waals surface area contributed by atoms with Crippen molar-refractivity contribution in [2.24, 2.45) is 51.8 Å². The van der Waals surface area contributed by atoms with Gasteiger partial charge in [-0.1, -0.05) is 66.7 Å². The van der Waals surface area contributed by atoms with Crippen LogP contribution in [0.3, 0.4) is 0 Å². The Bertz CT molecular complexity index is 631. The van der Waals surface area contributed by atoms with Crippen molar-refractivity contribution in [2.75, 3.05) is 0 Å². The summed E-state index contributed by atoms with van der Waals surface area (Å²) >= 11 is 0. The Kier molecular flexibility index (Phi) is 5.90. The van der Waals surface area contributed by atoms with Gasteiger partial charge in [0.05, 0.1) is 11.5 Å². The van der Waals surface area contributed by atoms with Crippen molar-refractivity contribution in [3.05, 3.63) is 0 Å². The standard InChI is InChI=1S/C28H47N/c1-20(2)9-8-10-21(3)23-11-12-24-22-13-18-28(19-29)16-7-6-15-27(28,5)25(22)14-17-26(23,24)4/h20-25H,6-18H2,1-5H3/t21-,22+,23-,24+,25+,26-,27-,28-/m1/s1. The number of hydrogen-bond acceptors (Lipinski definition) is 1. The van der Waals surface area contributed by atoms with Gasteiger partial charge in [0, 0.05) is 0 Å². The van der Waals surface area contributed by atoms with Gasteiger partial charge in [-0.25, -0.2) is 0 Å². The molecule has 0 saturated heterocycles. The van der Waals surface area contributed by atoms with E-state index in [1.165, 1.54) is 83.5 Å². The first-order chi connectivity index (χ1) is 13.8. The van der Waals surface area contributed by atoms with Gasteiger partial charge in [-0.3, -0.25) is 0 Å². The van der Waals surface area contributed by atoms with Crippen LogP contribution in [0.5, 0.6) is 0 Å². The predicted molar refractivity (Wildman–Crippen MR) is 122 cm³/mol. The van der Waals surface area contributed by atoms with E-state index in [0.717, 1.165) is 35.5 Å². The molecule has 0 aromatic rings. The highest BCUT2D eigenvalue weighted by molar-refractivity contribution is 5.18. The minimum Gasteiger partial charge on any atom is -0.198 e. The highest BCUT2D eigenvalue weighted by atomic mass is 14.7. The van der Waals surface area contributed by atoms with E-state index in [1.54, 1.807) is 0 Å². The summed E-state index contributed by atoms with van der Waals surface area (Å²) in [6.07, 6.45) is 17.8. The van der Waals surface area contributed by atoms with Crippen molar-refractivity contribution in [3.63, 3.8) is 0 Å². The molecule has 4 saturated carbocycles. The van der Waals surface area contributed by atoms with Gasteiger partial charge in [0.15, 0.2) is 0 Å². The van der Waals surface area contributed by atoms with Gasteiger partial charge in [-0.2, -0.15) is 5.26 Å². The Balaban J connectivity index is 1.51. The molecule has 0 aliphatic heterocycles. The van der Waals surface area contributed by atoms with E-state index in [-0.39, 0.29) is 5.41 Å². The maximum absolute atomic E-state index is 10.3. The van der Waals surface area contributed by atoms with Crippen molar-refractivity contribution in [2.45, 2.75) is 118 Å². The molecule has 4 fully saturated rings. The Morgan fingerprint density at radius 1 is 0.862 bits per heavy atom. The van der Waals surface area contributed by atoms with Gasteiger partial charge in [-0.15, -0.1) is 0 Å². The molecule has 1 heteroatoms. The SMILES string of the molecule is CC(C)CCC[C@@H](C)[C@H]1CC[C@H]2[C@@H]3CC[C@@]4(C#N)CCCC[C@]4(C)[C@H]3CC[C@]12C. The first-order valence-corrected chi connectivity index (χ1v) is 13.2.